The number of rotatable bonds is 6. The topological polar surface area (TPSA) is 60.4 Å². The van der Waals surface area contributed by atoms with E-state index in [1.54, 1.807) is 6.92 Å². The number of hydrogen-bond acceptors (Lipinski definition) is 6. The standard InChI is InChI=1S/C10H16O4S2/c1-4-14-10(13)9(16-8(3)12)5-6-15-7(2)11/h9H,4-6H2,1-3H3. The van der Waals surface area contributed by atoms with E-state index in [-0.39, 0.29) is 16.2 Å². The van der Waals surface area contributed by atoms with Gasteiger partial charge in [0, 0.05) is 19.6 Å². The third-order valence-corrected chi connectivity index (χ3v) is 3.43. The summed E-state index contributed by atoms with van der Waals surface area (Å²) in [6.07, 6.45) is 0.466. The summed E-state index contributed by atoms with van der Waals surface area (Å²) >= 11 is 2.11. The Hall–Kier alpha value is -0.490. The summed E-state index contributed by atoms with van der Waals surface area (Å²) in [5.74, 6) is 0.144. The number of thioether (sulfide) groups is 2. The van der Waals surface area contributed by atoms with Crippen LogP contribution in [0.5, 0.6) is 0 Å². The van der Waals surface area contributed by atoms with E-state index >= 15 is 0 Å². The Balaban J connectivity index is 4.14. The normalized spacial score (nSPS) is 11.9. The van der Waals surface area contributed by atoms with Crippen molar-refractivity contribution in [3.63, 3.8) is 0 Å². The first-order valence-electron chi connectivity index (χ1n) is 4.94. The van der Waals surface area contributed by atoms with Gasteiger partial charge < -0.3 is 4.74 Å². The van der Waals surface area contributed by atoms with Gasteiger partial charge in [-0.15, -0.1) is 0 Å². The van der Waals surface area contributed by atoms with Gasteiger partial charge in [-0.25, -0.2) is 0 Å². The number of carbonyl (C=O) groups excluding carboxylic acids is 3. The highest BCUT2D eigenvalue weighted by Gasteiger charge is 2.22. The van der Waals surface area contributed by atoms with Crippen LogP contribution in [0, 0.1) is 0 Å². The van der Waals surface area contributed by atoms with Crippen molar-refractivity contribution in [1.29, 1.82) is 0 Å². The van der Waals surface area contributed by atoms with E-state index < -0.39 is 5.25 Å². The maximum Gasteiger partial charge on any atom is 0.319 e. The summed E-state index contributed by atoms with van der Waals surface area (Å²) in [6, 6.07) is 0. The Morgan fingerprint density at radius 3 is 2.25 bits per heavy atom. The fourth-order valence-electron chi connectivity index (χ4n) is 0.970. The predicted molar refractivity (Wildman–Crippen MR) is 66.4 cm³/mol. The van der Waals surface area contributed by atoms with Gasteiger partial charge >= 0.3 is 5.97 Å². The van der Waals surface area contributed by atoms with Gasteiger partial charge in [0.2, 0.25) is 0 Å². The van der Waals surface area contributed by atoms with E-state index in [0.717, 1.165) is 23.5 Å². The molecule has 0 aromatic rings. The molecule has 0 fully saturated rings. The van der Waals surface area contributed by atoms with Crippen molar-refractivity contribution >= 4 is 39.7 Å². The summed E-state index contributed by atoms with van der Waals surface area (Å²) in [4.78, 5) is 33.1. The third-order valence-electron chi connectivity index (χ3n) is 1.54. The van der Waals surface area contributed by atoms with Crippen molar-refractivity contribution in [1.82, 2.24) is 0 Å². The zero-order valence-electron chi connectivity index (χ0n) is 9.65. The molecule has 0 amide bonds. The Morgan fingerprint density at radius 2 is 1.81 bits per heavy atom. The van der Waals surface area contributed by atoms with Crippen LogP contribution in [0.25, 0.3) is 0 Å². The van der Waals surface area contributed by atoms with E-state index in [0.29, 0.717) is 18.8 Å². The minimum Gasteiger partial charge on any atom is -0.465 e. The van der Waals surface area contributed by atoms with E-state index in [1.807, 2.05) is 0 Å². The van der Waals surface area contributed by atoms with Crippen LogP contribution in [0.4, 0.5) is 0 Å². The molecule has 0 heterocycles. The van der Waals surface area contributed by atoms with Crippen LogP contribution in [0.15, 0.2) is 0 Å². The van der Waals surface area contributed by atoms with E-state index in [9.17, 15) is 14.4 Å². The van der Waals surface area contributed by atoms with Crippen LogP contribution in [0.3, 0.4) is 0 Å². The number of carbonyl (C=O) groups is 3. The quantitative estimate of drug-likeness (QED) is 0.683. The molecule has 1 unspecified atom stereocenters. The summed E-state index contributed by atoms with van der Waals surface area (Å²) in [5.41, 5.74) is 0. The van der Waals surface area contributed by atoms with Gasteiger partial charge in [-0.05, 0) is 13.3 Å². The van der Waals surface area contributed by atoms with Gasteiger partial charge in [0.25, 0.3) is 0 Å². The second-order valence-electron chi connectivity index (χ2n) is 2.98. The zero-order valence-corrected chi connectivity index (χ0v) is 11.3. The molecule has 92 valence electrons. The molecule has 0 rings (SSSR count). The molecule has 0 spiro atoms. The number of ether oxygens (including phenoxy) is 1. The van der Waals surface area contributed by atoms with E-state index in [1.165, 1.54) is 13.8 Å². The lowest BCUT2D eigenvalue weighted by Crippen LogP contribution is -2.22. The van der Waals surface area contributed by atoms with Gasteiger partial charge in [0.15, 0.2) is 10.2 Å². The maximum absolute atomic E-state index is 11.5. The zero-order chi connectivity index (χ0) is 12.6. The van der Waals surface area contributed by atoms with Gasteiger partial charge in [0.1, 0.15) is 5.25 Å². The van der Waals surface area contributed by atoms with Crippen molar-refractivity contribution in [2.75, 3.05) is 12.4 Å². The average molecular weight is 264 g/mol. The summed E-state index contributed by atoms with van der Waals surface area (Å²) < 4.78 is 4.86. The highest BCUT2D eigenvalue weighted by Crippen LogP contribution is 2.19. The molecule has 0 aliphatic heterocycles. The molecule has 0 saturated carbocycles. The molecule has 16 heavy (non-hydrogen) atoms. The molecular formula is C10H16O4S2. The van der Waals surface area contributed by atoms with Gasteiger partial charge in [0.05, 0.1) is 6.61 Å². The predicted octanol–water partition coefficient (Wildman–Crippen LogP) is 1.87. The summed E-state index contributed by atoms with van der Waals surface area (Å²) in [6.45, 7) is 4.91. The van der Waals surface area contributed by atoms with Gasteiger partial charge in [-0.3, -0.25) is 14.4 Å². The van der Waals surface area contributed by atoms with Crippen LogP contribution in [0.1, 0.15) is 27.2 Å². The fraction of sp³-hybridized carbons (Fsp3) is 0.700. The van der Waals surface area contributed by atoms with E-state index in [4.69, 9.17) is 4.74 Å². The van der Waals surface area contributed by atoms with Gasteiger partial charge in [-0.1, -0.05) is 23.5 Å². The molecule has 0 saturated heterocycles. The van der Waals surface area contributed by atoms with Crippen molar-refractivity contribution < 1.29 is 19.1 Å². The Labute approximate surface area is 104 Å². The lowest BCUT2D eigenvalue weighted by atomic mass is 10.3. The fourth-order valence-corrected chi connectivity index (χ4v) is 2.56. The minimum absolute atomic E-state index is 0.00966. The molecule has 0 aliphatic rings. The molecule has 4 nitrogen and oxygen atoms in total. The van der Waals surface area contributed by atoms with Crippen molar-refractivity contribution in [3.05, 3.63) is 0 Å². The number of esters is 1. The average Bonchev–Trinajstić information content (AvgIpc) is 2.15. The minimum atomic E-state index is -0.496. The molecular weight excluding hydrogens is 248 g/mol. The first-order chi connectivity index (χ1) is 7.47. The van der Waals surface area contributed by atoms with Crippen LogP contribution in [-0.4, -0.2) is 33.8 Å². The molecule has 0 aromatic heterocycles. The summed E-state index contributed by atoms with van der Waals surface area (Å²) in [5, 5.41) is -0.606. The second kappa shape index (κ2) is 8.64. The Kier molecular flexibility index (Phi) is 8.37. The monoisotopic (exact) mass is 264 g/mol. The Morgan fingerprint density at radius 1 is 1.19 bits per heavy atom. The maximum atomic E-state index is 11.5. The van der Waals surface area contributed by atoms with Crippen molar-refractivity contribution in [3.8, 4) is 0 Å². The number of hydrogen-bond donors (Lipinski definition) is 0. The lowest BCUT2D eigenvalue weighted by Gasteiger charge is -2.12. The first kappa shape index (κ1) is 15.5. The molecule has 1 atom stereocenters. The van der Waals surface area contributed by atoms with E-state index in [2.05, 4.69) is 0 Å². The first-order valence-corrected chi connectivity index (χ1v) is 6.81. The molecule has 0 aromatic carbocycles. The highest BCUT2D eigenvalue weighted by molar-refractivity contribution is 8.15. The van der Waals surface area contributed by atoms with Gasteiger partial charge in [-0.2, -0.15) is 0 Å². The van der Waals surface area contributed by atoms with Crippen LogP contribution in [0.2, 0.25) is 0 Å². The molecule has 0 radical (unpaired) electrons. The molecule has 6 heteroatoms. The third kappa shape index (κ3) is 7.76. The SMILES string of the molecule is CCOC(=O)C(CCSC(C)=O)SC(C)=O. The molecule has 0 N–H and O–H groups in total. The van der Waals surface area contributed by atoms with Crippen molar-refractivity contribution in [2.24, 2.45) is 0 Å². The largest absolute Gasteiger partial charge is 0.465 e. The second-order valence-corrected chi connectivity index (χ2v) is 5.63. The highest BCUT2D eigenvalue weighted by atomic mass is 32.2. The molecule has 0 bridgehead atoms. The molecule has 0 aliphatic carbocycles. The Bertz CT molecular complexity index is 266. The van der Waals surface area contributed by atoms with Crippen LogP contribution < -0.4 is 0 Å². The van der Waals surface area contributed by atoms with Crippen molar-refractivity contribution in [2.45, 2.75) is 32.4 Å². The van der Waals surface area contributed by atoms with Crippen LogP contribution in [-0.2, 0) is 19.1 Å². The lowest BCUT2D eigenvalue weighted by molar-refractivity contribution is -0.142. The van der Waals surface area contributed by atoms with Crippen LogP contribution >= 0.6 is 23.5 Å². The smallest absolute Gasteiger partial charge is 0.319 e. The summed E-state index contributed by atoms with van der Waals surface area (Å²) in [7, 11) is 0.